The van der Waals surface area contributed by atoms with Crippen LogP contribution in [0.15, 0.2) is 36.4 Å². The number of carbonyl (C=O) groups excluding carboxylic acids is 2. The number of aromatic nitrogens is 2. The monoisotopic (exact) mass is 482 g/mol. The van der Waals surface area contributed by atoms with Crippen molar-refractivity contribution in [1.29, 1.82) is 0 Å². The zero-order chi connectivity index (χ0) is 25.4. The van der Waals surface area contributed by atoms with Crippen molar-refractivity contribution in [1.82, 2.24) is 19.8 Å². The summed E-state index contributed by atoms with van der Waals surface area (Å²) in [5.74, 6) is 1.93. The molecule has 1 aromatic heterocycles. The van der Waals surface area contributed by atoms with Gasteiger partial charge in [0.25, 0.3) is 5.91 Å². The smallest absolute Gasteiger partial charge is 0.251 e. The van der Waals surface area contributed by atoms with E-state index in [1.165, 1.54) is 21.3 Å². The van der Waals surface area contributed by atoms with E-state index in [0.717, 1.165) is 16.9 Å². The van der Waals surface area contributed by atoms with Crippen molar-refractivity contribution >= 4 is 22.8 Å². The van der Waals surface area contributed by atoms with Gasteiger partial charge in [-0.05, 0) is 44.5 Å². The Bertz CT molecular complexity index is 1140. The van der Waals surface area contributed by atoms with Crippen molar-refractivity contribution in [3.05, 3.63) is 47.8 Å². The SMILES string of the molecule is CCN(CC)C(=O)Cn1c(CCCNC(=O)c2cc(OC)c(OC)c(OC)c2)nc2ccccc21. The Hall–Kier alpha value is -3.75. The van der Waals surface area contributed by atoms with Gasteiger partial charge in [0.05, 0.1) is 32.4 Å². The molecular formula is C26H34N4O5. The number of benzene rings is 2. The number of aryl methyl sites for hydroxylation is 1. The van der Waals surface area contributed by atoms with Crippen molar-refractivity contribution < 1.29 is 23.8 Å². The molecule has 0 aliphatic heterocycles. The van der Waals surface area contributed by atoms with Crippen LogP contribution in [-0.2, 0) is 17.8 Å². The van der Waals surface area contributed by atoms with E-state index in [2.05, 4.69) is 5.32 Å². The van der Waals surface area contributed by atoms with Crippen LogP contribution < -0.4 is 19.5 Å². The molecule has 0 atom stereocenters. The summed E-state index contributed by atoms with van der Waals surface area (Å²) in [4.78, 5) is 32.1. The lowest BCUT2D eigenvalue weighted by molar-refractivity contribution is -0.131. The minimum Gasteiger partial charge on any atom is -0.493 e. The summed E-state index contributed by atoms with van der Waals surface area (Å²) in [6.45, 7) is 5.99. The van der Waals surface area contributed by atoms with Crippen LogP contribution in [0.5, 0.6) is 17.2 Å². The number of carbonyl (C=O) groups is 2. The normalized spacial score (nSPS) is 10.8. The van der Waals surface area contributed by atoms with Gasteiger partial charge in [-0.2, -0.15) is 0 Å². The standard InChI is InChI=1S/C26H34N4O5/c1-6-29(7-2)24(31)17-30-20-12-9-8-11-19(20)28-23(30)13-10-14-27-26(32)18-15-21(33-3)25(35-5)22(16-18)34-4/h8-9,11-12,15-16H,6-7,10,13-14,17H2,1-5H3,(H,27,32). The first kappa shape index (κ1) is 25.9. The van der Waals surface area contributed by atoms with Gasteiger partial charge in [-0.1, -0.05) is 12.1 Å². The number of nitrogens with one attached hydrogen (secondary N) is 1. The predicted octanol–water partition coefficient (Wildman–Crippen LogP) is 3.29. The average Bonchev–Trinajstić information content (AvgIpc) is 3.23. The molecule has 1 heterocycles. The van der Waals surface area contributed by atoms with Crippen LogP contribution in [0, 0.1) is 0 Å². The fourth-order valence-electron chi connectivity index (χ4n) is 4.07. The molecule has 0 spiro atoms. The summed E-state index contributed by atoms with van der Waals surface area (Å²) < 4.78 is 18.0. The Morgan fingerprint density at radius 3 is 2.26 bits per heavy atom. The van der Waals surface area contributed by atoms with Gasteiger partial charge >= 0.3 is 0 Å². The van der Waals surface area contributed by atoms with Gasteiger partial charge in [-0.25, -0.2) is 4.98 Å². The predicted molar refractivity (Wildman–Crippen MR) is 134 cm³/mol. The maximum absolute atomic E-state index is 12.8. The highest BCUT2D eigenvalue weighted by Gasteiger charge is 2.18. The zero-order valence-electron chi connectivity index (χ0n) is 21.1. The number of nitrogens with zero attached hydrogens (tertiary/aromatic N) is 3. The highest BCUT2D eigenvalue weighted by atomic mass is 16.5. The maximum atomic E-state index is 12.8. The number of rotatable bonds is 12. The fourth-order valence-corrected chi connectivity index (χ4v) is 4.07. The Balaban J connectivity index is 1.69. The lowest BCUT2D eigenvalue weighted by Gasteiger charge is -2.20. The Morgan fingerprint density at radius 2 is 1.66 bits per heavy atom. The van der Waals surface area contributed by atoms with E-state index in [0.29, 0.717) is 55.3 Å². The van der Waals surface area contributed by atoms with E-state index in [9.17, 15) is 9.59 Å². The molecule has 9 heteroatoms. The average molecular weight is 483 g/mol. The minimum absolute atomic E-state index is 0.0649. The van der Waals surface area contributed by atoms with E-state index >= 15 is 0 Å². The highest BCUT2D eigenvalue weighted by molar-refractivity contribution is 5.95. The van der Waals surface area contributed by atoms with E-state index in [4.69, 9.17) is 19.2 Å². The van der Waals surface area contributed by atoms with Crippen molar-refractivity contribution in [3.63, 3.8) is 0 Å². The largest absolute Gasteiger partial charge is 0.493 e. The fraction of sp³-hybridized carbons (Fsp3) is 0.423. The van der Waals surface area contributed by atoms with Gasteiger partial charge in [-0.15, -0.1) is 0 Å². The molecule has 2 aromatic carbocycles. The zero-order valence-corrected chi connectivity index (χ0v) is 21.1. The third-order valence-electron chi connectivity index (χ3n) is 5.93. The summed E-state index contributed by atoms with van der Waals surface area (Å²) in [6, 6.07) is 11.1. The van der Waals surface area contributed by atoms with Crippen molar-refractivity contribution in [2.45, 2.75) is 33.2 Å². The molecule has 9 nitrogen and oxygen atoms in total. The first-order valence-electron chi connectivity index (χ1n) is 11.8. The van der Waals surface area contributed by atoms with Crippen LogP contribution in [0.2, 0.25) is 0 Å². The number of hydrogen-bond donors (Lipinski definition) is 1. The highest BCUT2D eigenvalue weighted by Crippen LogP contribution is 2.38. The summed E-state index contributed by atoms with van der Waals surface area (Å²) in [5.41, 5.74) is 2.21. The molecule has 0 aliphatic carbocycles. The van der Waals surface area contributed by atoms with Crippen LogP contribution >= 0.6 is 0 Å². The number of imidazole rings is 1. The molecule has 0 saturated heterocycles. The molecule has 188 valence electrons. The number of fused-ring (bicyclic) bond motifs is 1. The second kappa shape index (κ2) is 12.1. The van der Waals surface area contributed by atoms with Crippen LogP contribution in [0.4, 0.5) is 0 Å². The summed E-state index contributed by atoms with van der Waals surface area (Å²) in [6.07, 6.45) is 1.29. The number of ether oxygens (including phenoxy) is 3. The number of methoxy groups -OCH3 is 3. The summed E-state index contributed by atoms with van der Waals surface area (Å²) in [5, 5.41) is 2.94. The number of para-hydroxylation sites is 2. The third kappa shape index (κ3) is 5.85. The number of likely N-dealkylation sites (N-methyl/N-ethyl adjacent to an activating group) is 1. The van der Waals surface area contributed by atoms with Crippen LogP contribution in [-0.4, -0.2) is 67.2 Å². The Morgan fingerprint density at radius 1 is 1.00 bits per heavy atom. The van der Waals surface area contributed by atoms with Crippen molar-refractivity contribution in [3.8, 4) is 17.2 Å². The molecule has 3 rings (SSSR count). The van der Waals surface area contributed by atoms with Crippen LogP contribution in [0.25, 0.3) is 11.0 Å². The number of hydrogen-bond acceptors (Lipinski definition) is 6. The van der Waals surface area contributed by atoms with E-state index in [-0.39, 0.29) is 18.4 Å². The molecule has 0 unspecified atom stereocenters. The van der Waals surface area contributed by atoms with Gasteiger partial charge in [0, 0.05) is 31.6 Å². The summed E-state index contributed by atoms with van der Waals surface area (Å²) >= 11 is 0. The van der Waals surface area contributed by atoms with Crippen LogP contribution in [0.1, 0.15) is 36.5 Å². The molecule has 35 heavy (non-hydrogen) atoms. The molecule has 0 bridgehead atoms. The Kier molecular flexibility index (Phi) is 8.94. The summed E-state index contributed by atoms with van der Waals surface area (Å²) in [7, 11) is 4.54. The van der Waals surface area contributed by atoms with Gasteiger partial charge in [0.1, 0.15) is 12.4 Å². The van der Waals surface area contributed by atoms with Crippen LogP contribution in [0.3, 0.4) is 0 Å². The topological polar surface area (TPSA) is 94.9 Å². The van der Waals surface area contributed by atoms with E-state index in [1.807, 2.05) is 47.6 Å². The third-order valence-corrected chi connectivity index (χ3v) is 5.93. The first-order valence-corrected chi connectivity index (χ1v) is 11.8. The molecular weight excluding hydrogens is 448 g/mol. The van der Waals surface area contributed by atoms with E-state index in [1.54, 1.807) is 12.1 Å². The lowest BCUT2D eigenvalue weighted by atomic mass is 10.1. The van der Waals surface area contributed by atoms with Gasteiger partial charge in [0.2, 0.25) is 11.7 Å². The quantitative estimate of drug-likeness (QED) is 0.398. The minimum atomic E-state index is -0.241. The Labute approximate surface area is 206 Å². The molecule has 3 aromatic rings. The first-order chi connectivity index (χ1) is 17.0. The molecule has 2 amide bonds. The molecule has 0 saturated carbocycles. The lowest BCUT2D eigenvalue weighted by Crippen LogP contribution is -2.33. The maximum Gasteiger partial charge on any atom is 0.251 e. The van der Waals surface area contributed by atoms with Gasteiger partial charge in [0.15, 0.2) is 11.5 Å². The van der Waals surface area contributed by atoms with Gasteiger partial charge < -0.3 is 29.0 Å². The molecule has 1 N–H and O–H groups in total. The van der Waals surface area contributed by atoms with Gasteiger partial charge in [-0.3, -0.25) is 9.59 Å². The molecule has 0 fully saturated rings. The molecule has 0 aliphatic rings. The van der Waals surface area contributed by atoms with Crippen molar-refractivity contribution in [2.24, 2.45) is 0 Å². The second-order valence-corrected chi connectivity index (χ2v) is 7.94. The molecule has 0 radical (unpaired) electrons. The number of amides is 2. The van der Waals surface area contributed by atoms with E-state index < -0.39 is 0 Å². The van der Waals surface area contributed by atoms with Crippen molar-refractivity contribution in [2.75, 3.05) is 41.0 Å². The second-order valence-electron chi connectivity index (χ2n) is 7.94.